The predicted molar refractivity (Wildman–Crippen MR) is 302 cm³/mol. The van der Waals surface area contributed by atoms with E-state index in [1.54, 1.807) is 113 Å². The number of rotatable bonds is 15. The fourth-order valence-electron chi connectivity index (χ4n) is 8.20. The minimum absolute atomic E-state index is 0.228. The topological polar surface area (TPSA) is 324 Å². The lowest BCUT2D eigenvalue weighted by atomic mass is 9.76. The van der Waals surface area contributed by atoms with E-state index in [9.17, 15) is 47.9 Å². The van der Waals surface area contributed by atoms with E-state index < -0.39 is 0 Å². The second-order valence-corrected chi connectivity index (χ2v) is 17.6. The van der Waals surface area contributed by atoms with Crippen molar-refractivity contribution < 1.29 is 52.7 Å². The predicted octanol–water partition coefficient (Wildman–Crippen LogP) is 12.5. The molecule has 5 aromatic rings. The highest BCUT2D eigenvalue weighted by atomic mass is 16.1. The molecule has 82 heavy (non-hydrogen) atoms. The van der Waals surface area contributed by atoms with Gasteiger partial charge in [-0.3, -0.25) is 0 Å². The average Bonchev–Trinajstić information content (AvgIpc) is 3.53. The number of isocyanates is 11. The quantitative estimate of drug-likeness (QED) is 0.0700. The Morgan fingerprint density at radius 2 is 0.744 bits per heavy atom. The van der Waals surface area contributed by atoms with E-state index in [0.717, 1.165) is 66.2 Å². The maximum Gasteiger partial charge on any atom is 0.240 e. The molecular formula is C60H55N11O11. The molecule has 0 heterocycles. The standard InChI is InChI=1S/C15H22N2O2.C15H10N2O2.3C9H6N2O2.C3H5NO/c2*18-10-16-14-5-1-12(2-6-14)9-13-3-7-15(8-4-13)17-11-19;1-7-4-8(10-5-12)2-3-9(7)11-6-13;1-7-2-3-8(10-5-12)4-9(7)11-6-13;1-7-8(10-5-12)3-2-4-9(7)11-6-13;1-2-4-3-5/h12-15H,1-9H2;1-8H,9H2;3*2-4H,1H3;2H2,1H3. The van der Waals surface area contributed by atoms with Crippen molar-refractivity contribution in [1.82, 2.24) is 0 Å². The summed E-state index contributed by atoms with van der Waals surface area (Å²) in [4.78, 5) is 148. The Hall–Kier alpha value is -10.7. The zero-order valence-corrected chi connectivity index (χ0v) is 45.3. The Morgan fingerprint density at radius 1 is 0.366 bits per heavy atom. The molecule has 5 aromatic carbocycles. The van der Waals surface area contributed by atoms with E-state index >= 15 is 0 Å². The summed E-state index contributed by atoms with van der Waals surface area (Å²) in [5, 5.41) is 0. The van der Waals surface area contributed by atoms with E-state index in [1.165, 1.54) is 92.9 Å². The summed E-state index contributed by atoms with van der Waals surface area (Å²) >= 11 is 0. The first kappa shape index (κ1) is 67.4. The smallest absolute Gasteiger partial charge is 0.211 e. The average molecular weight is 1110 g/mol. The van der Waals surface area contributed by atoms with Gasteiger partial charge in [0.1, 0.15) is 0 Å². The zero-order chi connectivity index (χ0) is 60.2. The molecule has 2 saturated carbocycles. The van der Waals surface area contributed by atoms with Crippen LogP contribution in [-0.2, 0) is 59.2 Å². The van der Waals surface area contributed by atoms with Crippen molar-refractivity contribution in [3.63, 3.8) is 0 Å². The third-order valence-corrected chi connectivity index (χ3v) is 12.3. The lowest BCUT2D eigenvalue weighted by Crippen LogP contribution is -2.23. The number of aliphatic imine (C=N–C) groups is 11. The maximum atomic E-state index is 10.2. The summed E-state index contributed by atoms with van der Waals surface area (Å²) in [6, 6.07) is 29.8. The molecule has 0 spiro atoms. The Morgan fingerprint density at radius 3 is 1.12 bits per heavy atom. The molecule has 0 aliphatic heterocycles. The van der Waals surface area contributed by atoms with Crippen molar-refractivity contribution in [2.45, 2.75) is 104 Å². The Labute approximate surface area is 471 Å². The normalized spacial score (nSPS) is 14.6. The summed E-state index contributed by atoms with van der Waals surface area (Å²) < 4.78 is 0. The van der Waals surface area contributed by atoms with Gasteiger partial charge in [0.05, 0.1) is 57.6 Å². The molecule has 22 heteroatoms. The number of hydrogen-bond acceptors (Lipinski definition) is 22. The minimum atomic E-state index is 0.228. The van der Waals surface area contributed by atoms with Crippen LogP contribution in [0.2, 0.25) is 0 Å². The van der Waals surface area contributed by atoms with Gasteiger partial charge in [-0.2, -0.15) is 39.9 Å². The highest BCUT2D eigenvalue weighted by Gasteiger charge is 2.26. The van der Waals surface area contributed by atoms with Gasteiger partial charge >= 0.3 is 0 Å². The molecule has 2 fully saturated rings. The van der Waals surface area contributed by atoms with Crippen LogP contribution in [0.3, 0.4) is 0 Å². The van der Waals surface area contributed by atoms with Gasteiger partial charge in [0, 0.05) is 12.1 Å². The molecule has 0 saturated heterocycles. The molecule has 7 rings (SSSR count). The Bertz CT molecular complexity index is 3280. The molecule has 0 aromatic heterocycles. The first-order valence-electron chi connectivity index (χ1n) is 25.2. The summed E-state index contributed by atoms with van der Waals surface area (Å²) in [7, 11) is 0. The van der Waals surface area contributed by atoms with Crippen LogP contribution in [0.15, 0.2) is 158 Å². The van der Waals surface area contributed by atoms with Crippen molar-refractivity contribution in [3.8, 4) is 0 Å². The minimum Gasteiger partial charge on any atom is -0.211 e. The van der Waals surface area contributed by atoms with Gasteiger partial charge in [0.15, 0.2) is 0 Å². The molecule has 22 nitrogen and oxygen atoms in total. The third kappa shape index (κ3) is 27.0. The molecule has 0 amide bonds. The van der Waals surface area contributed by atoms with E-state index in [-0.39, 0.29) is 12.1 Å². The monoisotopic (exact) mass is 1110 g/mol. The van der Waals surface area contributed by atoms with Crippen LogP contribution in [0.1, 0.15) is 92.5 Å². The molecule has 0 unspecified atom stereocenters. The largest absolute Gasteiger partial charge is 0.240 e. The van der Waals surface area contributed by atoms with Crippen molar-refractivity contribution in [2.24, 2.45) is 66.8 Å². The lowest BCUT2D eigenvalue weighted by Gasteiger charge is -2.31. The van der Waals surface area contributed by atoms with Crippen LogP contribution in [0.5, 0.6) is 0 Å². The van der Waals surface area contributed by atoms with Crippen molar-refractivity contribution in [3.05, 3.63) is 131 Å². The fraction of sp³-hybridized carbons (Fsp3) is 0.317. The van der Waals surface area contributed by atoms with Crippen LogP contribution in [0, 0.1) is 32.6 Å². The molecule has 0 bridgehead atoms. The van der Waals surface area contributed by atoms with Gasteiger partial charge in [-0.1, -0.05) is 36.4 Å². The number of hydrogen-bond donors (Lipinski definition) is 0. The van der Waals surface area contributed by atoms with Crippen molar-refractivity contribution in [2.75, 3.05) is 6.54 Å². The third-order valence-electron chi connectivity index (χ3n) is 12.3. The molecule has 2 aliphatic rings. The highest BCUT2D eigenvalue weighted by molar-refractivity contribution is 5.65. The second kappa shape index (κ2) is 41.4. The fourth-order valence-corrected chi connectivity index (χ4v) is 8.20. The summed E-state index contributed by atoms with van der Waals surface area (Å²) in [5.41, 5.74) is 8.50. The van der Waals surface area contributed by atoms with Crippen LogP contribution >= 0.6 is 0 Å². The Kier molecular flexibility index (Phi) is 34.0. The molecule has 0 atom stereocenters. The molecule has 2 aliphatic carbocycles. The molecule has 0 radical (unpaired) electrons. The van der Waals surface area contributed by atoms with E-state index in [2.05, 4.69) is 54.9 Å². The molecule has 416 valence electrons. The summed E-state index contributed by atoms with van der Waals surface area (Å²) in [6.45, 7) is 7.60. The zero-order valence-electron chi connectivity index (χ0n) is 45.3. The van der Waals surface area contributed by atoms with Crippen molar-refractivity contribution in [1.29, 1.82) is 0 Å². The van der Waals surface area contributed by atoms with Gasteiger partial charge in [0.2, 0.25) is 66.9 Å². The van der Waals surface area contributed by atoms with Crippen LogP contribution in [0.4, 0.5) is 45.5 Å². The van der Waals surface area contributed by atoms with Gasteiger partial charge in [-0.15, -0.1) is 0 Å². The summed E-state index contributed by atoms with van der Waals surface area (Å²) in [5.74, 6) is 1.60. The number of nitrogens with zero attached hydrogens (tertiary/aromatic N) is 11. The lowest BCUT2D eigenvalue weighted by molar-refractivity contribution is 0.226. The van der Waals surface area contributed by atoms with E-state index in [0.29, 0.717) is 57.6 Å². The Balaban J connectivity index is 0.000000346. The number of carbonyl (C=O) groups excluding carboxylic acids is 11. The van der Waals surface area contributed by atoms with E-state index in [4.69, 9.17) is 4.79 Å². The van der Waals surface area contributed by atoms with E-state index in [1.807, 2.05) is 24.3 Å². The van der Waals surface area contributed by atoms with Gasteiger partial charge in [-0.25, -0.2) is 67.7 Å². The van der Waals surface area contributed by atoms with Crippen LogP contribution in [0.25, 0.3) is 0 Å². The van der Waals surface area contributed by atoms with Gasteiger partial charge in [-0.05, 0) is 193 Å². The first-order valence-corrected chi connectivity index (χ1v) is 25.2. The first-order chi connectivity index (χ1) is 39.9. The SMILES string of the molecule is CCN=C=O.Cc1c(N=C=O)cccc1N=C=O.Cc1cc(N=C=O)ccc1N=C=O.Cc1ccc(N=C=O)cc1N=C=O.O=C=NC1CCC(CC2CCC(N=C=O)CC2)CC1.O=C=Nc1ccc(Cc2ccc(N=C=O)cc2)cc1. The maximum absolute atomic E-state index is 10.2. The molecular weight excluding hydrogens is 1050 g/mol. The number of aryl methyl sites for hydroxylation is 2. The highest BCUT2D eigenvalue weighted by Crippen LogP contribution is 2.37. The van der Waals surface area contributed by atoms with Crippen LogP contribution < -0.4 is 0 Å². The summed E-state index contributed by atoms with van der Waals surface area (Å²) in [6.07, 6.45) is 27.4. The number of benzene rings is 5. The van der Waals surface area contributed by atoms with Crippen LogP contribution in [-0.4, -0.2) is 85.5 Å². The second-order valence-electron chi connectivity index (χ2n) is 17.6. The molecule has 0 N–H and O–H groups in total. The van der Waals surface area contributed by atoms with Gasteiger partial charge in [0.25, 0.3) is 0 Å². The van der Waals surface area contributed by atoms with Crippen molar-refractivity contribution >= 4 is 112 Å². The van der Waals surface area contributed by atoms with Gasteiger partial charge < -0.3 is 0 Å².